The number of thiocarbonyl (C=S) groups is 1. The predicted molar refractivity (Wildman–Crippen MR) is 88.3 cm³/mol. The summed E-state index contributed by atoms with van der Waals surface area (Å²) in [6.45, 7) is 0.283. The van der Waals surface area contributed by atoms with Crippen molar-refractivity contribution in [2.45, 2.75) is 5.72 Å². The summed E-state index contributed by atoms with van der Waals surface area (Å²) in [4.78, 5) is 12.8. The molecule has 2 aromatic rings. The van der Waals surface area contributed by atoms with Crippen molar-refractivity contribution in [2.75, 3.05) is 6.54 Å². The summed E-state index contributed by atoms with van der Waals surface area (Å²) in [6.07, 6.45) is 0. The molecule has 5 heteroatoms. The molecule has 4 nitrogen and oxygen atoms in total. The van der Waals surface area contributed by atoms with Gasteiger partial charge in [0.05, 0.1) is 5.92 Å². The fourth-order valence-corrected chi connectivity index (χ4v) is 2.94. The van der Waals surface area contributed by atoms with Crippen molar-refractivity contribution in [2.24, 2.45) is 5.92 Å². The van der Waals surface area contributed by atoms with E-state index < -0.39 is 11.6 Å². The minimum atomic E-state index is -1.52. The molecular weight excluding hydrogens is 296 g/mol. The number of rotatable bonds is 3. The van der Waals surface area contributed by atoms with Crippen LogP contribution in [0.5, 0.6) is 0 Å². The van der Waals surface area contributed by atoms with E-state index in [0.717, 1.165) is 0 Å². The van der Waals surface area contributed by atoms with Gasteiger partial charge in [0.2, 0.25) is 0 Å². The van der Waals surface area contributed by atoms with E-state index in [1.54, 1.807) is 24.3 Å². The third-order valence-electron chi connectivity index (χ3n) is 3.86. The summed E-state index contributed by atoms with van der Waals surface area (Å²) >= 11 is 5.12. The van der Waals surface area contributed by atoms with E-state index in [1.165, 1.54) is 0 Å². The van der Waals surface area contributed by atoms with Crippen molar-refractivity contribution >= 4 is 23.1 Å². The van der Waals surface area contributed by atoms with Crippen LogP contribution in [0.1, 0.15) is 15.9 Å². The molecule has 0 aliphatic carbocycles. The molecular formula is C17H16N2O2S. The molecule has 1 heterocycles. The third kappa shape index (κ3) is 2.61. The molecule has 2 atom stereocenters. The lowest BCUT2D eigenvalue weighted by Gasteiger charge is -2.41. The summed E-state index contributed by atoms with van der Waals surface area (Å²) < 4.78 is 0. The maximum atomic E-state index is 12.8. The van der Waals surface area contributed by atoms with Gasteiger partial charge >= 0.3 is 0 Å². The highest BCUT2D eigenvalue weighted by molar-refractivity contribution is 7.80. The Bertz CT molecular complexity index is 690. The Balaban J connectivity index is 2.01. The Morgan fingerprint density at radius 2 is 1.68 bits per heavy atom. The summed E-state index contributed by atoms with van der Waals surface area (Å²) in [5.74, 6) is -0.807. The highest BCUT2D eigenvalue weighted by atomic mass is 32.1. The van der Waals surface area contributed by atoms with Gasteiger partial charge in [-0.3, -0.25) is 4.79 Å². The average Bonchev–Trinajstić information content (AvgIpc) is 2.56. The lowest BCUT2D eigenvalue weighted by atomic mass is 9.82. The van der Waals surface area contributed by atoms with E-state index in [9.17, 15) is 9.90 Å². The van der Waals surface area contributed by atoms with Crippen LogP contribution in [-0.4, -0.2) is 22.5 Å². The van der Waals surface area contributed by atoms with Crippen LogP contribution in [0.3, 0.4) is 0 Å². The molecule has 0 aromatic heterocycles. The molecule has 0 radical (unpaired) electrons. The normalized spacial score (nSPS) is 24.2. The second-order valence-electron chi connectivity index (χ2n) is 5.25. The monoisotopic (exact) mass is 312 g/mol. The zero-order chi connectivity index (χ0) is 15.6. The van der Waals surface area contributed by atoms with Crippen molar-refractivity contribution in [1.29, 1.82) is 0 Å². The topological polar surface area (TPSA) is 61.4 Å². The van der Waals surface area contributed by atoms with Gasteiger partial charge in [0.1, 0.15) is 0 Å². The Morgan fingerprint density at radius 3 is 2.32 bits per heavy atom. The molecule has 3 N–H and O–H groups in total. The summed E-state index contributed by atoms with van der Waals surface area (Å²) in [5, 5.41) is 17.3. The van der Waals surface area contributed by atoms with Gasteiger partial charge < -0.3 is 15.7 Å². The molecule has 0 amide bonds. The summed E-state index contributed by atoms with van der Waals surface area (Å²) in [5.41, 5.74) is -0.331. The van der Waals surface area contributed by atoms with Crippen LogP contribution in [-0.2, 0) is 5.72 Å². The van der Waals surface area contributed by atoms with Gasteiger partial charge in [-0.05, 0) is 12.2 Å². The SMILES string of the molecule is O=C(c1ccccc1)C1CNC(=S)NC1(O)c1ccccc1. The van der Waals surface area contributed by atoms with Crippen LogP contribution in [0.25, 0.3) is 0 Å². The fourth-order valence-electron chi connectivity index (χ4n) is 2.70. The van der Waals surface area contributed by atoms with Gasteiger partial charge in [0, 0.05) is 17.7 Å². The molecule has 22 heavy (non-hydrogen) atoms. The smallest absolute Gasteiger partial charge is 0.175 e. The fraction of sp³-hybridized carbons (Fsp3) is 0.176. The Hall–Kier alpha value is -2.24. The largest absolute Gasteiger partial charge is 0.366 e. The van der Waals surface area contributed by atoms with Crippen LogP contribution >= 0.6 is 12.2 Å². The molecule has 2 unspecified atom stereocenters. The molecule has 0 saturated carbocycles. The number of benzene rings is 2. The van der Waals surface area contributed by atoms with Gasteiger partial charge in [-0.1, -0.05) is 60.7 Å². The second kappa shape index (κ2) is 5.87. The van der Waals surface area contributed by atoms with E-state index in [4.69, 9.17) is 12.2 Å². The van der Waals surface area contributed by atoms with E-state index >= 15 is 0 Å². The predicted octanol–water partition coefficient (Wildman–Crippen LogP) is 1.81. The number of aliphatic hydroxyl groups is 1. The standard InChI is InChI=1S/C17H16N2O2S/c20-15(12-7-3-1-4-8-12)14-11-18-16(22)19-17(14,21)13-9-5-2-6-10-13/h1-10,14,21H,11H2,(H2,18,19,22). The number of Topliss-reactive ketones (excluding diaryl/α,β-unsaturated/α-hetero) is 1. The molecule has 2 aromatic carbocycles. The zero-order valence-electron chi connectivity index (χ0n) is 11.8. The van der Waals surface area contributed by atoms with Crippen molar-refractivity contribution in [3.63, 3.8) is 0 Å². The number of carbonyl (C=O) groups excluding carboxylic acids is 1. The van der Waals surface area contributed by atoms with Crippen LogP contribution in [0.2, 0.25) is 0 Å². The molecule has 1 saturated heterocycles. The van der Waals surface area contributed by atoms with Crippen LogP contribution in [0.15, 0.2) is 60.7 Å². The molecule has 1 fully saturated rings. The van der Waals surface area contributed by atoms with Crippen LogP contribution < -0.4 is 10.6 Å². The molecule has 0 spiro atoms. The molecule has 1 aliphatic rings. The first-order valence-corrected chi connectivity index (χ1v) is 7.45. The highest BCUT2D eigenvalue weighted by Crippen LogP contribution is 2.31. The first-order valence-electron chi connectivity index (χ1n) is 7.04. The van der Waals surface area contributed by atoms with E-state index in [0.29, 0.717) is 16.2 Å². The molecule has 0 bridgehead atoms. The third-order valence-corrected chi connectivity index (χ3v) is 4.11. The molecule has 112 valence electrons. The molecule has 3 rings (SSSR count). The van der Waals surface area contributed by atoms with E-state index in [-0.39, 0.29) is 12.3 Å². The highest BCUT2D eigenvalue weighted by Gasteiger charge is 2.46. The molecule has 1 aliphatic heterocycles. The Morgan fingerprint density at radius 1 is 1.09 bits per heavy atom. The van der Waals surface area contributed by atoms with Gasteiger partial charge in [0.25, 0.3) is 0 Å². The lowest BCUT2D eigenvalue weighted by molar-refractivity contribution is -0.0345. The lowest BCUT2D eigenvalue weighted by Crippen LogP contribution is -2.63. The number of hydrogen-bond donors (Lipinski definition) is 3. The Labute approximate surface area is 134 Å². The quantitative estimate of drug-likeness (QED) is 0.596. The minimum absolute atomic E-state index is 0.130. The second-order valence-corrected chi connectivity index (χ2v) is 5.66. The van der Waals surface area contributed by atoms with Crippen molar-refractivity contribution in [3.05, 3.63) is 71.8 Å². The Kier molecular flexibility index (Phi) is 3.92. The first kappa shape index (κ1) is 14.7. The average molecular weight is 312 g/mol. The summed E-state index contributed by atoms with van der Waals surface area (Å²) in [7, 11) is 0. The van der Waals surface area contributed by atoms with E-state index in [1.807, 2.05) is 36.4 Å². The number of hydrogen-bond acceptors (Lipinski definition) is 3. The number of nitrogens with one attached hydrogen (secondary N) is 2. The maximum absolute atomic E-state index is 12.8. The first-order chi connectivity index (χ1) is 10.6. The van der Waals surface area contributed by atoms with Crippen molar-refractivity contribution < 1.29 is 9.90 Å². The van der Waals surface area contributed by atoms with Crippen LogP contribution in [0, 0.1) is 5.92 Å². The van der Waals surface area contributed by atoms with Crippen molar-refractivity contribution in [3.8, 4) is 0 Å². The van der Waals surface area contributed by atoms with E-state index in [2.05, 4.69) is 10.6 Å². The van der Waals surface area contributed by atoms with Gasteiger partial charge in [-0.25, -0.2) is 0 Å². The van der Waals surface area contributed by atoms with Crippen molar-refractivity contribution in [1.82, 2.24) is 10.6 Å². The van der Waals surface area contributed by atoms with Gasteiger partial charge in [0.15, 0.2) is 16.6 Å². The number of ketones is 1. The van der Waals surface area contributed by atoms with Gasteiger partial charge in [-0.2, -0.15) is 0 Å². The number of carbonyl (C=O) groups is 1. The zero-order valence-corrected chi connectivity index (χ0v) is 12.6. The van der Waals surface area contributed by atoms with Crippen LogP contribution in [0.4, 0.5) is 0 Å². The van der Waals surface area contributed by atoms with Gasteiger partial charge in [-0.15, -0.1) is 0 Å². The minimum Gasteiger partial charge on any atom is -0.366 e. The maximum Gasteiger partial charge on any atom is 0.175 e. The summed E-state index contributed by atoms with van der Waals surface area (Å²) in [6, 6.07) is 18.0.